The lowest BCUT2D eigenvalue weighted by molar-refractivity contribution is -0.148. The van der Waals surface area contributed by atoms with E-state index in [4.69, 9.17) is 29.8 Å². The molecule has 218 valence electrons. The van der Waals surface area contributed by atoms with Crippen molar-refractivity contribution in [3.63, 3.8) is 0 Å². The number of carbonyl (C=O) groups excluding carboxylic acids is 1. The first-order chi connectivity index (χ1) is 18.7. The molecular weight excluding hydrogens is 498 g/mol. The number of epoxide rings is 1. The summed E-state index contributed by atoms with van der Waals surface area (Å²) >= 11 is 0. The highest BCUT2D eigenvalue weighted by Crippen LogP contribution is 2.35. The van der Waals surface area contributed by atoms with Crippen LogP contribution in [0.25, 0.3) is 0 Å². The van der Waals surface area contributed by atoms with Crippen molar-refractivity contribution >= 4 is 5.97 Å². The zero-order valence-electron chi connectivity index (χ0n) is 23.7. The summed E-state index contributed by atoms with van der Waals surface area (Å²) in [5, 5.41) is 17.9. The predicted molar refractivity (Wildman–Crippen MR) is 151 cm³/mol. The third kappa shape index (κ3) is 10.4. The van der Waals surface area contributed by atoms with Crippen LogP contribution in [-0.4, -0.2) is 72.2 Å². The van der Waals surface area contributed by atoms with Crippen LogP contribution >= 0.6 is 0 Å². The Labute approximate surface area is 233 Å². The summed E-state index contributed by atoms with van der Waals surface area (Å²) in [6, 6.07) is 0. The van der Waals surface area contributed by atoms with E-state index in [1.165, 1.54) is 17.2 Å². The molecular formula is C31H47NO7. The van der Waals surface area contributed by atoms with Gasteiger partial charge in [-0.3, -0.25) is 0 Å². The van der Waals surface area contributed by atoms with Gasteiger partial charge in [-0.1, -0.05) is 61.1 Å². The van der Waals surface area contributed by atoms with E-state index in [9.17, 15) is 9.90 Å². The Bertz CT molecular complexity index is 941. The van der Waals surface area contributed by atoms with E-state index >= 15 is 0 Å². The fourth-order valence-electron chi connectivity index (χ4n) is 5.54. The van der Waals surface area contributed by atoms with E-state index in [2.05, 4.69) is 32.6 Å². The van der Waals surface area contributed by atoms with Crippen LogP contribution in [0.2, 0.25) is 0 Å². The minimum atomic E-state index is -0.958. The quantitative estimate of drug-likeness (QED) is 0.276. The monoisotopic (exact) mass is 545 g/mol. The van der Waals surface area contributed by atoms with Gasteiger partial charge < -0.3 is 34.9 Å². The van der Waals surface area contributed by atoms with Crippen molar-refractivity contribution in [3.05, 3.63) is 60.3 Å². The molecule has 2 bridgehead atoms. The molecule has 0 radical (unpaired) electrons. The van der Waals surface area contributed by atoms with Gasteiger partial charge in [0.15, 0.2) is 0 Å². The van der Waals surface area contributed by atoms with Gasteiger partial charge in [0.1, 0.15) is 17.9 Å². The second-order valence-electron chi connectivity index (χ2n) is 11.2. The smallest absolute Gasteiger partial charge is 0.330 e. The maximum Gasteiger partial charge on any atom is 0.330 e. The topological polar surface area (TPSA) is 124 Å². The van der Waals surface area contributed by atoms with E-state index < -0.39 is 23.9 Å². The Morgan fingerprint density at radius 1 is 1.23 bits per heavy atom. The third-order valence-electron chi connectivity index (χ3n) is 7.52. The zero-order valence-corrected chi connectivity index (χ0v) is 23.7. The molecule has 0 spiro atoms. The number of hydrogen-bond donors (Lipinski definition) is 3. The Kier molecular flexibility index (Phi) is 12.2. The Morgan fingerprint density at radius 3 is 2.79 bits per heavy atom. The number of hydrogen-bond acceptors (Lipinski definition) is 8. The number of aliphatic hydroxyl groups is 2. The van der Waals surface area contributed by atoms with E-state index in [0.717, 1.165) is 39.2 Å². The molecule has 4 heterocycles. The molecule has 8 atom stereocenters. The third-order valence-corrected chi connectivity index (χ3v) is 7.52. The highest BCUT2D eigenvalue weighted by atomic mass is 16.6. The molecule has 4 aliphatic rings. The first-order valence-electron chi connectivity index (χ1n) is 14.1. The van der Waals surface area contributed by atoms with Crippen LogP contribution in [0.1, 0.15) is 65.2 Å². The van der Waals surface area contributed by atoms with Crippen molar-refractivity contribution in [2.45, 2.75) is 108 Å². The van der Waals surface area contributed by atoms with Gasteiger partial charge in [-0.05, 0) is 51.4 Å². The second-order valence-corrected chi connectivity index (χ2v) is 11.2. The molecule has 8 heteroatoms. The van der Waals surface area contributed by atoms with Crippen LogP contribution in [0.4, 0.5) is 0 Å². The van der Waals surface area contributed by atoms with E-state index in [1.807, 2.05) is 12.2 Å². The summed E-state index contributed by atoms with van der Waals surface area (Å²) in [5.74, 6) is -0.145. The van der Waals surface area contributed by atoms with Crippen LogP contribution in [0, 0.1) is 5.92 Å². The summed E-state index contributed by atoms with van der Waals surface area (Å²) in [6.07, 6.45) is 16.7. The van der Waals surface area contributed by atoms with Gasteiger partial charge in [-0.25, -0.2) is 4.79 Å². The molecule has 4 aliphatic heterocycles. The van der Waals surface area contributed by atoms with Crippen LogP contribution in [0.15, 0.2) is 60.3 Å². The Hall–Kier alpha value is -2.07. The number of allylic oxidation sites excluding steroid dienone is 1. The number of esters is 1. The standard InChI is InChI=1S/C30H43NO6.CH4O/c1-20-9-12-26-28(35-26)18-27(25(32)11-10-24-17-21(2)13-15-34-24)36-29(33)8-4-6-23-7-5-14-30(31,37-23)19-22(3)16-20;1-2/h4-5,7-8,10-11,13,22-28,32H,1,6,9,12,14-19,31H2,2-3H3;2H,1H3/b8-4+,11-10+;/t22-,23+,24+,25-,26?,27?,28?,30?;/m0./s1. The second kappa shape index (κ2) is 15.1. The number of rotatable bonds is 3. The van der Waals surface area contributed by atoms with Crippen molar-refractivity contribution in [2.24, 2.45) is 11.7 Å². The fourth-order valence-corrected chi connectivity index (χ4v) is 5.54. The van der Waals surface area contributed by atoms with Gasteiger partial charge in [0, 0.05) is 26.0 Å². The van der Waals surface area contributed by atoms with Crippen molar-refractivity contribution in [1.82, 2.24) is 0 Å². The number of ether oxygens (including phenoxy) is 4. The highest BCUT2D eigenvalue weighted by molar-refractivity contribution is 5.82. The van der Waals surface area contributed by atoms with Crippen LogP contribution < -0.4 is 5.73 Å². The van der Waals surface area contributed by atoms with Gasteiger partial charge >= 0.3 is 5.97 Å². The highest BCUT2D eigenvalue weighted by Gasteiger charge is 2.42. The maximum atomic E-state index is 12.7. The van der Waals surface area contributed by atoms with Gasteiger partial charge in [0.25, 0.3) is 0 Å². The largest absolute Gasteiger partial charge is 0.456 e. The van der Waals surface area contributed by atoms with Gasteiger partial charge in [-0.2, -0.15) is 0 Å². The van der Waals surface area contributed by atoms with Crippen LogP contribution in [0.3, 0.4) is 0 Å². The first-order valence-corrected chi connectivity index (χ1v) is 14.1. The Morgan fingerprint density at radius 2 is 2.03 bits per heavy atom. The van der Waals surface area contributed by atoms with Gasteiger partial charge in [0.2, 0.25) is 0 Å². The van der Waals surface area contributed by atoms with Crippen LogP contribution in [0.5, 0.6) is 0 Å². The Balaban J connectivity index is 0.00000205. The average molecular weight is 546 g/mol. The number of cyclic esters (lactones) is 1. The molecule has 0 aromatic carbocycles. The molecule has 4 N–H and O–H groups in total. The summed E-state index contributed by atoms with van der Waals surface area (Å²) in [6.45, 7) is 9.11. The molecule has 39 heavy (non-hydrogen) atoms. The molecule has 0 saturated carbocycles. The van der Waals surface area contributed by atoms with Crippen LogP contribution in [-0.2, 0) is 23.7 Å². The molecule has 4 rings (SSSR count). The summed E-state index contributed by atoms with van der Waals surface area (Å²) < 4.78 is 23.5. The molecule has 0 aliphatic carbocycles. The number of nitrogens with two attached hydrogens (primary N) is 1. The predicted octanol–water partition coefficient (Wildman–Crippen LogP) is 4.03. The van der Waals surface area contributed by atoms with E-state index in [1.54, 1.807) is 12.2 Å². The normalized spacial score (nSPS) is 37.7. The SMILES string of the molecule is C=C1CCC2OC2CC([C@@H](O)/C=C/[C@@H]2CC(C)=CCO2)OC(=O)/C=C/C[C@@H]2C=CCC(N)(C[C@@H](C)C1)O2.CO. The van der Waals surface area contributed by atoms with E-state index in [0.29, 0.717) is 31.8 Å². The molecule has 1 fully saturated rings. The summed E-state index contributed by atoms with van der Waals surface area (Å²) in [5.41, 5.74) is 8.32. The number of carbonyl (C=O) groups is 1. The van der Waals surface area contributed by atoms with E-state index in [-0.39, 0.29) is 24.4 Å². The van der Waals surface area contributed by atoms with Gasteiger partial charge in [-0.15, -0.1) is 0 Å². The minimum Gasteiger partial charge on any atom is -0.456 e. The molecule has 1 saturated heterocycles. The van der Waals surface area contributed by atoms with Crippen molar-refractivity contribution in [1.29, 1.82) is 0 Å². The van der Waals surface area contributed by atoms with Gasteiger partial charge in [0.05, 0.1) is 31.0 Å². The summed E-state index contributed by atoms with van der Waals surface area (Å²) in [4.78, 5) is 12.7. The molecule has 8 nitrogen and oxygen atoms in total. The minimum absolute atomic E-state index is 0.0461. The lowest BCUT2D eigenvalue weighted by Gasteiger charge is -2.37. The van der Waals surface area contributed by atoms with Crippen molar-refractivity contribution in [2.75, 3.05) is 13.7 Å². The number of aliphatic hydroxyl groups excluding tert-OH is 2. The van der Waals surface area contributed by atoms with Crippen molar-refractivity contribution in [3.8, 4) is 0 Å². The average Bonchev–Trinajstić information content (AvgIpc) is 3.64. The molecule has 4 unspecified atom stereocenters. The maximum absolute atomic E-state index is 12.7. The zero-order chi connectivity index (χ0) is 28.4. The first kappa shape index (κ1) is 31.5. The number of fused-ring (bicyclic) bond motifs is 3. The van der Waals surface area contributed by atoms with Crippen molar-refractivity contribution < 1.29 is 34.0 Å². The summed E-state index contributed by atoms with van der Waals surface area (Å²) in [7, 11) is 1.00. The molecule has 0 amide bonds. The lowest BCUT2D eigenvalue weighted by Crippen LogP contribution is -2.48. The molecule has 0 aromatic rings. The fraction of sp³-hybridized carbons (Fsp3) is 0.645. The molecule has 0 aromatic heterocycles. The lowest BCUT2D eigenvalue weighted by atomic mass is 9.88.